The van der Waals surface area contributed by atoms with Gasteiger partial charge in [0, 0.05) is 16.5 Å². The number of halogens is 1. The third kappa shape index (κ3) is 5.42. The van der Waals surface area contributed by atoms with E-state index in [0.717, 1.165) is 22.6 Å². The summed E-state index contributed by atoms with van der Waals surface area (Å²) in [6.07, 6.45) is 2.56. The number of nitrogens with zero attached hydrogens (tertiary/aromatic N) is 1. The lowest BCUT2D eigenvalue weighted by Gasteiger charge is -2.29. The molecule has 0 unspecified atom stereocenters. The van der Waals surface area contributed by atoms with Crippen LogP contribution in [0.2, 0.25) is 5.02 Å². The zero-order chi connectivity index (χ0) is 22.5. The average molecular weight is 463 g/mol. The third-order valence-corrected chi connectivity index (χ3v) is 6.41. The molecule has 3 aromatic rings. The van der Waals surface area contributed by atoms with Crippen LogP contribution in [-0.4, -0.2) is 24.9 Å². The molecule has 3 aromatic carbocycles. The van der Waals surface area contributed by atoms with E-state index >= 15 is 0 Å². The smallest absolute Gasteiger partial charge is 0.265 e. The van der Waals surface area contributed by atoms with E-state index in [1.807, 2.05) is 73.7 Å². The van der Waals surface area contributed by atoms with Gasteiger partial charge in [-0.15, -0.1) is 0 Å². The van der Waals surface area contributed by atoms with Gasteiger partial charge in [-0.25, -0.2) is 0 Å². The number of thioether (sulfide) groups is 1. The molecular formula is C26H23ClN2O2S. The van der Waals surface area contributed by atoms with E-state index in [2.05, 4.69) is 11.4 Å². The lowest BCUT2D eigenvalue weighted by Crippen LogP contribution is -2.43. The van der Waals surface area contributed by atoms with E-state index < -0.39 is 0 Å². The first-order chi connectivity index (χ1) is 15.5. The fraction of sp³-hybridized carbons (Fsp3) is 0.154. The van der Waals surface area contributed by atoms with E-state index in [-0.39, 0.29) is 18.4 Å². The van der Waals surface area contributed by atoms with Crippen LogP contribution in [0, 0.1) is 6.92 Å². The molecule has 2 amide bonds. The SMILES string of the molecule is Cc1cccc(CCNC(=O)CN2C(=O)/C(=C/c3cccc(Cl)c3)Sc3ccccc32)c1. The highest BCUT2D eigenvalue weighted by Gasteiger charge is 2.30. The number of hydrogen-bond acceptors (Lipinski definition) is 3. The van der Waals surface area contributed by atoms with Crippen LogP contribution in [0.4, 0.5) is 5.69 Å². The molecule has 1 aliphatic heterocycles. The molecule has 4 rings (SSSR count). The maximum absolute atomic E-state index is 13.3. The number of nitrogens with one attached hydrogen (secondary N) is 1. The highest BCUT2D eigenvalue weighted by Crippen LogP contribution is 2.41. The molecule has 0 bridgehead atoms. The van der Waals surface area contributed by atoms with Gasteiger partial charge in [-0.05, 0) is 54.8 Å². The molecule has 1 heterocycles. The molecule has 0 atom stereocenters. The lowest BCUT2D eigenvalue weighted by molar-refractivity contribution is -0.122. The van der Waals surface area contributed by atoms with Crippen LogP contribution in [0.15, 0.2) is 82.6 Å². The molecule has 6 heteroatoms. The van der Waals surface area contributed by atoms with E-state index in [1.165, 1.54) is 22.9 Å². The molecule has 0 saturated carbocycles. The number of carbonyl (C=O) groups excluding carboxylic acids is 2. The minimum absolute atomic E-state index is 0.0306. The van der Waals surface area contributed by atoms with Gasteiger partial charge in [-0.2, -0.15) is 0 Å². The predicted octanol–water partition coefficient (Wildman–Crippen LogP) is 5.49. The van der Waals surface area contributed by atoms with Crippen molar-refractivity contribution >= 4 is 46.9 Å². The number of fused-ring (bicyclic) bond motifs is 1. The minimum atomic E-state index is -0.192. The summed E-state index contributed by atoms with van der Waals surface area (Å²) in [7, 11) is 0. The van der Waals surface area contributed by atoms with Gasteiger partial charge >= 0.3 is 0 Å². The molecule has 162 valence electrons. The van der Waals surface area contributed by atoms with Crippen LogP contribution in [0.25, 0.3) is 6.08 Å². The zero-order valence-corrected chi connectivity index (χ0v) is 19.2. The monoisotopic (exact) mass is 462 g/mol. The number of carbonyl (C=O) groups is 2. The van der Waals surface area contributed by atoms with Gasteiger partial charge in [0.25, 0.3) is 5.91 Å². The fourth-order valence-corrected chi connectivity index (χ4v) is 4.84. The number of hydrogen-bond donors (Lipinski definition) is 1. The Morgan fingerprint density at radius 2 is 1.88 bits per heavy atom. The van der Waals surface area contributed by atoms with Crippen LogP contribution >= 0.6 is 23.4 Å². The van der Waals surface area contributed by atoms with Crippen LogP contribution in [-0.2, 0) is 16.0 Å². The van der Waals surface area contributed by atoms with Crippen molar-refractivity contribution in [2.45, 2.75) is 18.2 Å². The van der Waals surface area contributed by atoms with E-state index in [0.29, 0.717) is 16.5 Å². The van der Waals surface area contributed by atoms with Gasteiger partial charge in [-0.3, -0.25) is 14.5 Å². The summed E-state index contributed by atoms with van der Waals surface area (Å²) in [5, 5.41) is 3.55. The second kappa shape index (κ2) is 10.1. The summed E-state index contributed by atoms with van der Waals surface area (Å²) < 4.78 is 0. The van der Waals surface area contributed by atoms with Crippen molar-refractivity contribution in [2.75, 3.05) is 18.0 Å². The summed E-state index contributed by atoms with van der Waals surface area (Å²) in [5.41, 5.74) is 3.96. The fourth-order valence-electron chi connectivity index (χ4n) is 3.58. The first kappa shape index (κ1) is 22.2. The quantitative estimate of drug-likeness (QED) is 0.493. The van der Waals surface area contributed by atoms with Crippen molar-refractivity contribution in [1.29, 1.82) is 0 Å². The molecule has 0 aliphatic carbocycles. The number of benzene rings is 3. The van der Waals surface area contributed by atoms with Gasteiger partial charge in [0.15, 0.2) is 0 Å². The number of anilines is 1. The van der Waals surface area contributed by atoms with Gasteiger partial charge in [-0.1, -0.05) is 77.5 Å². The standard InChI is InChI=1S/C26H23ClN2O2S/c1-18-6-4-7-19(14-18)12-13-28-25(30)17-29-22-10-2-3-11-23(22)32-24(26(29)31)16-20-8-5-9-21(27)15-20/h2-11,14-16H,12-13,17H2,1H3,(H,28,30)/b24-16-. The Balaban J connectivity index is 1.48. The first-order valence-corrected chi connectivity index (χ1v) is 11.6. The number of aryl methyl sites for hydroxylation is 1. The van der Waals surface area contributed by atoms with Crippen molar-refractivity contribution in [3.05, 3.63) is 99.4 Å². The number of amides is 2. The minimum Gasteiger partial charge on any atom is -0.354 e. The Labute approximate surface area is 197 Å². The van der Waals surface area contributed by atoms with Crippen molar-refractivity contribution in [3.63, 3.8) is 0 Å². The maximum Gasteiger partial charge on any atom is 0.265 e. The molecule has 0 spiro atoms. The summed E-state index contributed by atoms with van der Waals surface area (Å²) in [6, 6.07) is 23.2. The largest absolute Gasteiger partial charge is 0.354 e. The molecule has 1 aliphatic rings. The van der Waals surface area contributed by atoms with Crippen molar-refractivity contribution < 1.29 is 9.59 Å². The Morgan fingerprint density at radius 3 is 2.69 bits per heavy atom. The Bertz CT molecular complexity index is 1190. The second-order valence-electron chi connectivity index (χ2n) is 7.61. The van der Waals surface area contributed by atoms with Crippen LogP contribution in [0.5, 0.6) is 0 Å². The molecule has 1 N–H and O–H groups in total. The molecule has 0 aromatic heterocycles. The Hall–Kier alpha value is -3.02. The van der Waals surface area contributed by atoms with Gasteiger partial charge in [0.1, 0.15) is 6.54 Å². The van der Waals surface area contributed by atoms with Crippen LogP contribution < -0.4 is 10.2 Å². The second-order valence-corrected chi connectivity index (χ2v) is 9.13. The molecule has 0 fully saturated rings. The van der Waals surface area contributed by atoms with Crippen molar-refractivity contribution in [1.82, 2.24) is 5.32 Å². The van der Waals surface area contributed by atoms with E-state index in [4.69, 9.17) is 11.6 Å². The molecule has 0 radical (unpaired) electrons. The van der Waals surface area contributed by atoms with Gasteiger partial charge in [0.2, 0.25) is 5.91 Å². The molecular weight excluding hydrogens is 440 g/mol. The first-order valence-electron chi connectivity index (χ1n) is 10.4. The molecule has 32 heavy (non-hydrogen) atoms. The average Bonchev–Trinajstić information content (AvgIpc) is 2.77. The summed E-state index contributed by atoms with van der Waals surface area (Å²) in [4.78, 5) is 29.0. The highest BCUT2D eigenvalue weighted by molar-refractivity contribution is 8.04. The summed E-state index contributed by atoms with van der Waals surface area (Å²) in [5.74, 6) is -0.377. The van der Waals surface area contributed by atoms with E-state index in [1.54, 1.807) is 11.0 Å². The van der Waals surface area contributed by atoms with Crippen LogP contribution in [0.1, 0.15) is 16.7 Å². The highest BCUT2D eigenvalue weighted by atomic mass is 35.5. The van der Waals surface area contributed by atoms with Crippen LogP contribution in [0.3, 0.4) is 0 Å². The van der Waals surface area contributed by atoms with Gasteiger partial charge in [0.05, 0.1) is 10.6 Å². The van der Waals surface area contributed by atoms with E-state index in [9.17, 15) is 9.59 Å². The predicted molar refractivity (Wildman–Crippen MR) is 132 cm³/mol. The maximum atomic E-state index is 13.3. The van der Waals surface area contributed by atoms with Gasteiger partial charge < -0.3 is 5.32 Å². The number of para-hydroxylation sites is 1. The van der Waals surface area contributed by atoms with Crippen molar-refractivity contribution in [2.24, 2.45) is 0 Å². The van der Waals surface area contributed by atoms with Crippen molar-refractivity contribution in [3.8, 4) is 0 Å². The summed E-state index contributed by atoms with van der Waals surface area (Å²) in [6.45, 7) is 2.54. The third-order valence-electron chi connectivity index (χ3n) is 5.10. The Morgan fingerprint density at radius 1 is 1.06 bits per heavy atom. The summed E-state index contributed by atoms with van der Waals surface area (Å²) >= 11 is 7.50. The molecule has 0 saturated heterocycles. The molecule has 4 nitrogen and oxygen atoms in total. The topological polar surface area (TPSA) is 49.4 Å². The normalized spacial score (nSPS) is 14.4. The zero-order valence-electron chi connectivity index (χ0n) is 17.7. The number of rotatable bonds is 6. The lowest BCUT2D eigenvalue weighted by atomic mass is 10.1. The Kier molecular flexibility index (Phi) is 6.98.